The van der Waals surface area contributed by atoms with Crippen molar-refractivity contribution >= 4 is 41.4 Å². The highest BCUT2D eigenvalue weighted by molar-refractivity contribution is 5.99. The first-order valence-electron chi connectivity index (χ1n) is 16.4. The van der Waals surface area contributed by atoms with Crippen LogP contribution in [0.1, 0.15) is 53.5 Å². The third kappa shape index (κ3) is 9.79. The van der Waals surface area contributed by atoms with Gasteiger partial charge in [-0.2, -0.15) is 0 Å². The summed E-state index contributed by atoms with van der Waals surface area (Å²) < 4.78 is 44.8. The SMILES string of the molecule is CC(=O)OC[C@H]1O[C@H](O[C@@H]2[C@H](CCOCc3ccccc3)O[C@@H](C(O)C(C)=O)[C@](O)(C(C)=O)[C@@]2(O)C(C)=O)[C@@H](OC(C)=O)[C@@H](OC(N)=O)[C@@H]1OC(C)=O. The maximum absolute atomic E-state index is 13.6. The molecule has 294 valence electrons. The maximum Gasteiger partial charge on any atom is 0.405 e. The van der Waals surface area contributed by atoms with Crippen LogP contribution in [0.2, 0.25) is 0 Å². The van der Waals surface area contributed by atoms with E-state index in [4.69, 9.17) is 43.6 Å². The predicted octanol–water partition coefficient (Wildman–Crippen LogP) is -1.05. The van der Waals surface area contributed by atoms with Crippen molar-refractivity contribution in [1.82, 2.24) is 0 Å². The summed E-state index contributed by atoms with van der Waals surface area (Å²) in [5, 5.41) is 35.2. The molecule has 1 amide bonds. The van der Waals surface area contributed by atoms with Crippen LogP contribution in [0.25, 0.3) is 0 Å². The Kier molecular flexibility index (Phi) is 14.7. The van der Waals surface area contributed by atoms with Gasteiger partial charge in [-0.05, 0) is 32.8 Å². The van der Waals surface area contributed by atoms with Gasteiger partial charge in [-0.3, -0.25) is 28.8 Å². The fraction of sp³-hybridized carbons (Fsp3) is 0.618. The van der Waals surface area contributed by atoms with E-state index < -0.39 is 114 Å². The molecule has 2 aliphatic rings. The Hall–Kier alpha value is -4.37. The number of Topliss-reactive ketones (excluding diaryl/α,β-unsaturated/α-hetero) is 3. The van der Waals surface area contributed by atoms with Crippen molar-refractivity contribution in [2.45, 2.75) is 121 Å². The van der Waals surface area contributed by atoms with Crippen LogP contribution in [-0.4, -0.2) is 136 Å². The number of esters is 3. The molecule has 5 N–H and O–H groups in total. The van der Waals surface area contributed by atoms with E-state index in [9.17, 15) is 48.9 Å². The molecular weight excluding hydrogens is 710 g/mol. The molecule has 0 aliphatic carbocycles. The van der Waals surface area contributed by atoms with E-state index in [1.807, 2.05) is 0 Å². The van der Waals surface area contributed by atoms with Gasteiger partial charge in [0.25, 0.3) is 0 Å². The Balaban J connectivity index is 2.21. The Morgan fingerprint density at radius 3 is 1.87 bits per heavy atom. The number of carbonyl (C=O) groups excluding carboxylic acids is 7. The van der Waals surface area contributed by atoms with Crippen molar-refractivity contribution in [3.63, 3.8) is 0 Å². The van der Waals surface area contributed by atoms with Crippen molar-refractivity contribution in [2.24, 2.45) is 5.73 Å². The van der Waals surface area contributed by atoms with Gasteiger partial charge in [-0.25, -0.2) is 4.79 Å². The molecule has 19 nitrogen and oxygen atoms in total. The number of carbonyl (C=O) groups is 7. The maximum atomic E-state index is 13.6. The van der Waals surface area contributed by atoms with Crippen LogP contribution in [0.4, 0.5) is 4.79 Å². The van der Waals surface area contributed by atoms with E-state index >= 15 is 0 Å². The topological polar surface area (TPSA) is 280 Å². The second kappa shape index (κ2) is 18.1. The molecular formula is C34H45NO18. The molecule has 1 aromatic rings. The van der Waals surface area contributed by atoms with E-state index in [2.05, 4.69) is 0 Å². The van der Waals surface area contributed by atoms with Crippen LogP contribution in [0.5, 0.6) is 0 Å². The Morgan fingerprint density at radius 1 is 0.774 bits per heavy atom. The molecule has 2 aliphatic heterocycles. The number of benzene rings is 1. The fourth-order valence-electron chi connectivity index (χ4n) is 6.27. The molecule has 1 unspecified atom stereocenters. The van der Waals surface area contributed by atoms with E-state index in [0.29, 0.717) is 0 Å². The van der Waals surface area contributed by atoms with Crippen LogP contribution < -0.4 is 5.73 Å². The monoisotopic (exact) mass is 755 g/mol. The van der Waals surface area contributed by atoms with E-state index in [-0.39, 0.29) is 19.6 Å². The second-order valence-corrected chi connectivity index (χ2v) is 12.6. The number of rotatable bonds is 16. The number of aliphatic hydroxyl groups is 3. The summed E-state index contributed by atoms with van der Waals surface area (Å²) in [4.78, 5) is 87.7. The second-order valence-electron chi connectivity index (χ2n) is 12.6. The third-order valence-electron chi connectivity index (χ3n) is 8.68. The lowest BCUT2D eigenvalue weighted by atomic mass is 9.65. The number of amides is 1. The van der Waals surface area contributed by atoms with Crippen molar-refractivity contribution in [1.29, 1.82) is 0 Å². The molecule has 0 radical (unpaired) electrons. The van der Waals surface area contributed by atoms with E-state index in [1.165, 1.54) is 0 Å². The summed E-state index contributed by atoms with van der Waals surface area (Å²) in [6.07, 6.45) is -19.2. The molecule has 3 rings (SSSR count). The highest BCUT2D eigenvalue weighted by Gasteiger charge is 2.72. The summed E-state index contributed by atoms with van der Waals surface area (Å²) >= 11 is 0. The van der Waals surface area contributed by atoms with E-state index in [1.54, 1.807) is 30.3 Å². The zero-order valence-electron chi connectivity index (χ0n) is 30.0. The van der Waals surface area contributed by atoms with Gasteiger partial charge in [0.1, 0.15) is 31.0 Å². The molecule has 0 aromatic heterocycles. The van der Waals surface area contributed by atoms with Gasteiger partial charge in [0, 0.05) is 27.4 Å². The van der Waals surface area contributed by atoms with Gasteiger partial charge in [-0.15, -0.1) is 0 Å². The largest absolute Gasteiger partial charge is 0.463 e. The van der Waals surface area contributed by atoms with Gasteiger partial charge in [0.2, 0.25) is 0 Å². The average Bonchev–Trinajstić information content (AvgIpc) is 3.06. The number of aliphatic hydroxyl groups excluding tert-OH is 1. The molecule has 0 spiro atoms. The summed E-state index contributed by atoms with van der Waals surface area (Å²) in [5.74, 6) is -6.45. The predicted molar refractivity (Wildman–Crippen MR) is 173 cm³/mol. The van der Waals surface area contributed by atoms with Crippen molar-refractivity contribution in [3.05, 3.63) is 35.9 Å². The highest BCUT2D eigenvalue weighted by atomic mass is 16.7. The number of ketones is 3. The summed E-state index contributed by atoms with van der Waals surface area (Å²) in [6.45, 7) is 4.63. The van der Waals surface area contributed by atoms with Gasteiger partial charge in [0.15, 0.2) is 53.2 Å². The van der Waals surface area contributed by atoms with Gasteiger partial charge >= 0.3 is 24.0 Å². The molecule has 11 atom stereocenters. The lowest BCUT2D eigenvalue weighted by Crippen LogP contribution is -2.82. The van der Waals surface area contributed by atoms with Gasteiger partial charge < -0.3 is 58.9 Å². The number of primary amides is 1. The zero-order chi connectivity index (χ0) is 39.8. The molecule has 1 aromatic carbocycles. The number of hydrogen-bond donors (Lipinski definition) is 4. The summed E-state index contributed by atoms with van der Waals surface area (Å²) in [5.41, 5.74) is -0.654. The fourth-order valence-corrected chi connectivity index (χ4v) is 6.27. The van der Waals surface area contributed by atoms with Crippen LogP contribution in [0.15, 0.2) is 30.3 Å². The molecule has 2 heterocycles. The first-order valence-corrected chi connectivity index (χ1v) is 16.4. The Labute approximate surface area is 303 Å². The third-order valence-corrected chi connectivity index (χ3v) is 8.68. The summed E-state index contributed by atoms with van der Waals surface area (Å²) in [6, 6.07) is 8.89. The first kappa shape index (κ1) is 43.0. The smallest absolute Gasteiger partial charge is 0.405 e. The lowest BCUT2D eigenvalue weighted by Gasteiger charge is -2.56. The minimum absolute atomic E-state index is 0.0781. The van der Waals surface area contributed by atoms with Crippen molar-refractivity contribution < 1.29 is 86.8 Å². The Morgan fingerprint density at radius 2 is 1.36 bits per heavy atom. The van der Waals surface area contributed by atoms with Gasteiger partial charge in [-0.1, -0.05) is 30.3 Å². The quantitative estimate of drug-likeness (QED) is 0.0890. The van der Waals surface area contributed by atoms with E-state index in [0.717, 1.165) is 47.1 Å². The van der Waals surface area contributed by atoms with Crippen molar-refractivity contribution in [3.8, 4) is 0 Å². The minimum atomic E-state index is -3.37. The van der Waals surface area contributed by atoms with Crippen LogP contribution in [-0.2, 0) is 73.3 Å². The van der Waals surface area contributed by atoms with Crippen LogP contribution in [0, 0.1) is 0 Å². The van der Waals surface area contributed by atoms with Gasteiger partial charge in [0.05, 0.1) is 12.7 Å². The molecule has 53 heavy (non-hydrogen) atoms. The first-order chi connectivity index (χ1) is 24.7. The number of ether oxygens (including phenoxy) is 8. The molecule has 19 heteroatoms. The minimum Gasteiger partial charge on any atom is -0.463 e. The average molecular weight is 756 g/mol. The van der Waals surface area contributed by atoms with Crippen molar-refractivity contribution in [2.75, 3.05) is 13.2 Å². The number of hydrogen-bond acceptors (Lipinski definition) is 18. The highest BCUT2D eigenvalue weighted by Crippen LogP contribution is 2.45. The molecule has 2 fully saturated rings. The number of nitrogens with two attached hydrogens (primary N) is 1. The molecule has 0 bridgehead atoms. The normalized spacial score (nSPS) is 31.7. The van der Waals surface area contributed by atoms with Crippen LogP contribution in [0.3, 0.4) is 0 Å². The summed E-state index contributed by atoms with van der Waals surface area (Å²) in [7, 11) is 0. The molecule has 2 saturated heterocycles. The van der Waals surface area contributed by atoms with Crippen LogP contribution >= 0.6 is 0 Å². The zero-order valence-corrected chi connectivity index (χ0v) is 30.0. The standard InChI is InChI=1S/C34H45NO18/c1-16(36)25(42)30-34(45,18(3)38)33(44,17(2)37)29(23(50-30)12-13-46-14-22-10-8-7-9-11-22)53-31-28(49-21(6)41)27(52-32(35)43)26(48-20(5)40)24(51-31)15-47-19(4)39/h7-11,23-31,42,44-45H,12-15H2,1-6H3,(H2,35,43)/t23-,24+,25?,26+,27-,28-,29+,30-,31+,33+,34+/m0/s1. The lowest BCUT2D eigenvalue weighted by molar-refractivity contribution is -0.365. The Bertz CT molecular complexity index is 1520. The molecule has 0 saturated carbocycles.